The van der Waals surface area contributed by atoms with E-state index in [0.29, 0.717) is 34.0 Å². The molecule has 31 heavy (non-hydrogen) atoms. The van der Waals surface area contributed by atoms with Crippen molar-refractivity contribution in [3.8, 4) is 23.0 Å². The third kappa shape index (κ3) is 4.49. The Kier molecular flexibility index (Phi) is 5.55. The number of phenolic OH excluding ortho intramolecular Hbond substituents is 1. The zero-order valence-electron chi connectivity index (χ0n) is 16.8. The average Bonchev–Trinajstić information content (AvgIpc) is 3.16. The highest BCUT2D eigenvalue weighted by Gasteiger charge is 2.14. The average molecular weight is 433 g/mol. The summed E-state index contributed by atoms with van der Waals surface area (Å²) in [7, 11) is 1.56. The first kappa shape index (κ1) is 20.4. The number of thiocarbonyl (C=S) groups is 1. The number of aryl methyl sites for hydroxylation is 1. The van der Waals surface area contributed by atoms with E-state index in [-0.39, 0.29) is 16.8 Å². The predicted octanol–water partition coefficient (Wildman–Crippen LogP) is 4.64. The lowest BCUT2D eigenvalue weighted by Gasteiger charge is -2.11. The molecule has 0 aliphatic carbocycles. The Morgan fingerprint density at radius 2 is 1.87 bits per heavy atom. The fourth-order valence-electron chi connectivity index (χ4n) is 3.02. The molecule has 0 unspecified atom stereocenters. The molecule has 0 spiro atoms. The number of anilines is 1. The van der Waals surface area contributed by atoms with Crippen LogP contribution in [0.1, 0.15) is 15.9 Å². The van der Waals surface area contributed by atoms with Crippen molar-refractivity contribution in [2.75, 3.05) is 12.4 Å². The highest BCUT2D eigenvalue weighted by atomic mass is 32.1. The van der Waals surface area contributed by atoms with Crippen LogP contribution in [0.4, 0.5) is 5.69 Å². The quantitative estimate of drug-likeness (QED) is 0.403. The molecule has 0 bridgehead atoms. The highest BCUT2D eigenvalue weighted by molar-refractivity contribution is 7.80. The molecule has 8 heteroatoms. The van der Waals surface area contributed by atoms with E-state index in [1.807, 2.05) is 25.1 Å². The van der Waals surface area contributed by atoms with Crippen molar-refractivity contribution in [2.45, 2.75) is 6.92 Å². The molecular formula is C23H19N3O4S. The van der Waals surface area contributed by atoms with E-state index in [1.54, 1.807) is 43.5 Å². The number of rotatable bonds is 4. The van der Waals surface area contributed by atoms with Gasteiger partial charge in [-0.15, -0.1) is 0 Å². The van der Waals surface area contributed by atoms with E-state index >= 15 is 0 Å². The van der Waals surface area contributed by atoms with Crippen LogP contribution in [0.25, 0.3) is 22.6 Å². The number of fused-ring (bicyclic) bond motifs is 1. The molecule has 0 radical (unpaired) electrons. The lowest BCUT2D eigenvalue weighted by Crippen LogP contribution is -2.34. The summed E-state index contributed by atoms with van der Waals surface area (Å²) in [6.07, 6.45) is 0. The van der Waals surface area contributed by atoms with Crippen LogP contribution in [-0.2, 0) is 0 Å². The second-order valence-corrected chi connectivity index (χ2v) is 7.27. The van der Waals surface area contributed by atoms with Crippen LogP contribution < -0.4 is 15.4 Å². The maximum Gasteiger partial charge on any atom is 0.257 e. The van der Waals surface area contributed by atoms with Crippen molar-refractivity contribution in [3.05, 3.63) is 71.8 Å². The zero-order valence-corrected chi connectivity index (χ0v) is 17.6. The van der Waals surface area contributed by atoms with Crippen LogP contribution in [0.15, 0.2) is 65.1 Å². The van der Waals surface area contributed by atoms with Crippen LogP contribution in [0.3, 0.4) is 0 Å². The molecule has 156 valence electrons. The number of aromatic hydroxyl groups is 1. The van der Waals surface area contributed by atoms with Crippen LogP contribution in [-0.4, -0.2) is 28.2 Å². The van der Waals surface area contributed by atoms with E-state index in [4.69, 9.17) is 21.4 Å². The molecule has 4 rings (SSSR count). The molecule has 0 aliphatic rings. The molecule has 1 heterocycles. The first-order chi connectivity index (χ1) is 14.9. The van der Waals surface area contributed by atoms with Gasteiger partial charge in [-0.05, 0) is 73.2 Å². The normalized spacial score (nSPS) is 10.6. The number of phenols is 1. The van der Waals surface area contributed by atoms with Gasteiger partial charge in [-0.2, -0.15) is 0 Å². The van der Waals surface area contributed by atoms with Gasteiger partial charge in [0.1, 0.15) is 17.0 Å². The number of nitrogens with one attached hydrogen (secondary N) is 2. The minimum absolute atomic E-state index is 0.0300. The van der Waals surface area contributed by atoms with Gasteiger partial charge >= 0.3 is 0 Å². The Labute approximate surface area is 183 Å². The van der Waals surface area contributed by atoms with Gasteiger partial charge in [0, 0.05) is 17.3 Å². The monoisotopic (exact) mass is 433 g/mol. The van der Waals surface area contributed by atoms with Gasteiger partial charge in [0.2, 0.25) is 5.89 Å². The molecule has 0 saturated carbocycles. The smallest absolute Gasteiger partial charge is 0.257 e. The third-order valence-corrected chi connectivity index (χ3v) is 4.81. The van der Waals surface area contributed by atoms with E-state index in [0.717, 1.165) is 11.1 Å². The Morgan fingerprint density at radius 3 is 2.58 bits per heavy atom. The maximum absolute atomic E-state index is 12.3. The van der Waals surface area contributed by atoms with E-state index in [2.05, 4.69) is 15.6 Å². The van der Waals surface area contributed by atoms with Gasteiger partial charge in [0.15, 0.2) is 10.7 Å². The molecule has 0 aliphatic heterocycles. The lowest BCUT2D eigenvalue weighted by atomic mass is 10.2. The minimum atomic E-state index is -0.359. The number of methoxy groups -OCH3 is 1. The molecule has 1 amide bonds. The second kappa shape index (κ2) is 8.45. The molecule has 0 saturated heterocycles. The third-order valence-electron chi connectivity index (χ3n) is 4.61. The van der Waals surface area contributed by atoms with Crippen molar-refractivity contribution in [2.24, 2.45) is 0 Å². The van der Waals surface area contributed by atoms with E-state index < -0.39 is 0 Å². The minimum Gasteiger partial charge on any atom is -0.507 e. The molecule has 1 aromatic heterocycles. The van der Waals surface area contributed by atoms with Gasteiger partial charge in [0.25, 0.3) is 5.91 Å². The number of oxazole rings is 1. The fraction of sp³-hybridized carbons (Fsp3) is 0.0870. The topological polar surface area (TPSA) is 96.6 Å². The summed E-state index contributed by atoms with van der Waals surface area (Å²) < 4.78 is 10.8. The number of hydrogen-bond acceptors (Lipinski definition) is 6. The Morgan fingerprint density at radius 1 is 1.10 bits per heavy atom. The summed E-state index contributed by atoms with van der Waals surface area (Å²) in [5.74, 6) is 0.585. The number of aromatic nitrogens is 1. The van der Waals surface area contributed by atoms with Crippen molar-refractivity contribution in [1.29, 1.82) is 0 Å². The van der Waals surface area contributed by atoms with Gasteiger partial charge in [-0.3, -0.25) is 10.1 Å². The number of ether oxygens (including phenoxy) is 1. The number of carbonyl (C=O) groups excluding carboxylic acids is 1. The SMILES string of the molecule is COc1ccc(C(=O)NC(=S)Nc2ccc(-c3nc4cc(C)ccc4o3)c(O)c2)cc1. The largest absolute Gasteiger partial charge is 0.507 e. The summed E-state index contributed by atoms with van der Waals surface area (Å²) >= 11 is 5.21. The summed E-state index contributed by atoms with van der Waals surface area (Å²) in [5, 5.41) is 16.0. The standard InChI is InChI=1S/C23H19N3O4S/c1-13-3-10-20-18(11-13)25-22(30-20)17-9-6-15(12-19(17)27)24-23(31)26-21(28)14-4-7-16(29-2)8-5-14/h3-12,27H,1-2H3,(H2,24,26,28,31). The fourth-order valence-corrected chi connectivity index (χ4v) is 3.23. The Balaban J connectivity index is 1.45. The summed E-state index contributed by atoms with van der Waals surface area (Å²) in [6, 6.07) is 17.2. The van der Waals surface area contributed by atoms with Crippen LogP contribution >= 0.6 is 12.2 Å². The molecule has 0 fully saturated rings. The molecule has 3 N–H and O–H groups in total. The van der Waals surface area contributed by atoms with Crippen LogP contribution in [0, 0.1) is 6.92 Å². The highest BCUT2D eigenvalue weighted by Crippen LogP contribution is 2.33. The maximum atomic E-state index is 12.3. The molecule has 4 aromatic rings. The van der Waals surface area contributed by atoms with Crippen LogP contribution in [0.5, 0.6) is 11.5 Å². The second-order valence-electron chi connectivity index (χ2n) is 6.86. The van der Waals surface area contributed by atoms with Crippen molar-refractivity contribution in [1.82, 2.24) is 10.3 Å². The molecular weight excluding hydrogens is 414 g/mol. The number of benzene rings is 3. The summed E-state index contributed by atoms with van der Waals surface area (Å²) in [5.41, 5.74) is 3.83. The van der Waals surface area contributed by atoms with E-state index in [9.17, 15) is 9.90 Å². The number of nitrogens with zero attached hydrogens (tertiary/aromatic N) is 1. The van der Waals surface area contributed by atoms with Crippen molar-refractivity contribution in [3.63, 3.8) is 0 Å². The molecule has 0 atom stereocenters. The molecule has 3 aromatic carbocycles. The first-order valence-corrected chi connectivity index (χ1v) is 9.81. The van der Waals surface area contributed by atoms with Gasteiger partial charge in [0.05, 0.1) is 12.7 Å². The zero-order chi connectivity index (χ0) is 22.0. The Bertz CT molecular complexity index is 1280. The number of carbonyl (C=O) groups is 1. The van der Waals surface area contributed by atoms with Gasteiger partial charge in [-0.1, -0.05) is 6.07 Å². The Hall–Kier alpha value is -3.91. The summed E-state index contributed by atoms with van der Waals surface area (Å²) in [6.45, 7) is 1.97. The van der Waals surface area contributed by atoms with E-state index in [1.165, 1.54) is 6.07 Å². The predicted molar refractivity (Wildman–Crippen MR) is 123 cm³/mol. The number of amides is 1. The number of hydrogen-bond donors (Lipinski definition) is 3. The molecule has 7 nitrogen and oxygen atoms in total. The summed E-state index contributed by atoms with van der Waals surface area (Å²) in [4.78, 5) is 16.8. The van der Waals surface area contributed by atoms with Gasteiger partial charge in [-0.25, -0.2) is 4.98 Å². The van der Waals surface area contributed by atoms with Gasteiger partial charge < -0.3 is 19.6 Å². The van der Waals surface area contributed by atoms with Crippen molar-refractivity contribution >= 4 is 40.0 Å². The van der Waals surface area contributed by atoms with Crippen LogP contribution in [0.2, 0.25) is 0 Å². The lowest BCUT2D eigenvalue weighted by molar-refractivity contribution is 0.0977. The van der Waals surface area contributed by atoms with Crippen molar-refractivity contribution < 1.29 is 19.1 Å². The first-order valence-electron chi connectivity index (χ1n) is 9.40.